The molecule has 2 heterocycles. The van der Waals surface area contributed by atoms with Crippen LogP contribution in [0.2, 0.25) is 0 Å². The predicted octanol–water partition coefficient (Wildman–Crippen LogP) is 0.886. The maximum Gasteiger partial charge on any atom is 0.356 e. The molecule has 0 saturated carbocycles. The lowest BCUT2D eigenvalue weighted by molar-refractivity contribution is 0.0693. The zero-order valence-corrected chi connectivity index (χ0v) is 10.7. The molecule has 0 amide bonds. The van der Waals surface area contributed by atoms with E-state index in [9.17, 15) is 13.2 Å². The molecular weight excluding hydrogens is 256 g/mol. The Balaban J connectivity index is 2.72. The SMILES string of the molecule is Cc1ccn2c(CS(C)(=O)=O)nc(C(=O)O)c2c1. The Morgan fingerprint density at radius 2 is 2.17 bits per heavy atom. The number of hydrogen-bond donors (Lipinski definition) is 1. The van der Waals surface area contributed by atoms with E-state index in [0.29, 0.717) is 5.52 Å². The van der Waals surface area contributed by atoms with Gasteiger partial charge in [0.25, 0.3) is 0 Å². The fourth-order valence-electron chi connectivity index (χ4n) is 1.75. The van der Waals surface area contributed by atoms with Crippen LogP contribution in [0, 0.1) is 6.92 Å². The zero-order chi connectivity index (χ0) is 13.5. The number of fused-ring (bicyclic) bond motifs is 1. The average molecular weight is 268 g/mol. The normalized spacial score (nSPS) is 11.9. The Kier molecular flexibility index (Phi) is 2.86. The molecule has 0 fully saturated rings. The molecule has 2 aromatic heterocycles. The molecular formula is C11H12N2O4S. The Morgan fingerprint density at radius 1 is 1.50 bits per heavy atom. The van der Waals surface area contributed by atoms with Gasteiger partial charge in [-0.25, -0.2) is 18.2 Å². The number of aromatic carboxylic acids is 1. The maximum atomic E-state index is 11.3. The van der Waals surface area contributed by atoms with Gasteiger partial charge in [-0.3, -0.25) is 0 Å². The number of sulfone groups is 1. The fraction of sp³-hybridized carbons (Fsp3) is 0.273. The van der Waals surface area contributed by atoms with Crippen LogP contribution in [0.3, 0.4) is 0 Å². The van der Waals surface area contributed by atoms with Crippen molar-refractivity contribution in [3.8, 4) is 0 Å². The number of nitrogens with zero attached hydrogens (tertiary/aromatic N) is 2. The molecule has 0 aliphatic heterocycles. The van der Waals surface area contributed by atoms with Crippen LogP contribution in [0.5, 0.6) is 0 Å². The van der Waals surface area contributed by atoms with Crippen LogP contribution >= 0.6 is 0 Å². The van der Waals surface area contributed by atoms with Crippen LogP contribution in [0.4, 0.5) is 0 Å². The summed E-state index contributed by atoms with van der Waals surface area (Å²) < 4.78 is 24.1. The van der Waals surface area contributed by atoms with Crippen LogP contribution in [-0.4, -0.2) is 35.1 Å². The van der Waals surface area contributed by atoms with Gasteiger partial charge < -0.3 is 9.51 Å². The van der Waals surface area contributed by atoms with Gasteiger partial charge in [-0.2, -0.15) is 0 Å². The number of carboxylic acids is 1. The lowest BCUT2D eigenvalue weighted by Crippen LogP contribution is -2.05. The van der Waals surface area contributed by atoms with Gasteiger partial charge in [0.2, 0.25) is 0 Å². The highest BCUT2D eigenvalue weighted by molar-refractivity contribution is 7.89. The van der Waals surface area contributed by atoms with Gasteiger partial charge in [-0.1, -0.05) is 0 Å². The van der Waals surface area contributed by atoms with Crippen molar-refractivity contribution in [2.75, 3.05) is 6.26 Å². The molecule has 0 aliphatic carbocycles. The summed E-state index contributed by atoms with van der Waals surface area (Å²) in [6.45, 7) is 1.83. The highest BCUT2D eigenvalue weighted by Crippen LogP contribution is 2.16. The Morgan fingerprint density at radius 3 is 2.72 bits per heavy atom. The Bertz CT molecular complexity index is 731. The third-order valence-corrected chi connectivity index (χ3v) is 3.25. The smallest absolute Gasteiger partial charge is 0.356 e. The van der Waals surface area contributed by atoms with Crippen molar-refractivity contribution in [2.24, 2.45) is 0 Å². The number of carbonyl (C=O) groups is 1. The highest BCUT2D eigenvalue weighted by Gasteiger charge is 2.19. The molecule has 0 bridgehead atoms. The fourth-order valence-corrected chi connectivity index (χ4v) is 2.42. The van der Waals surface area contributed by atoms with E-state index in [1.165, 1.54) is 4.40 Å². The van der Waals surface area contributed by atoms with Gasteiger partial charge in [-0.05, 0) is 24.6 Å². The molecule has 2 rings (SSSR count). The topological polar surface area (TPSA) is 88.7 Å². The van der Waals surface area contributed by atoms with Crippen molar-refractivity contribution in [3.05, 3.63) is 35.4 Å². The van der Waals surface area contributed by atoms with Crippen molar-refractivity contribution in [2.45, 2.75) is 12.7 Å². The molecule has 0 aliphatic rings. The number of aromatic nitrogens is 2. The van der Waals surface area contributed by atoms with Crippen LogP contribution in [0.1, 0.15) is 21.9 Å². The Hall–Kier alpha value is -1.89. The first-order valence-corrected chi connectivity index (χ1v) is 7.22. The molecule has 0 aromatic carbocycles. The third kappa shape index (κ3) is 2.35. The summed E-state index contributed by atoms with van der Waals surface area (Å²) in [5, 5.41) is 9.06. The summed E-state index contributed by atoms with van der Waals surface area (Å²) >= 11 is 0. The molecule has 0 unspecified atom stereocenters. The van der Waals surface area contributed by atoms with Gasteiger partial charge >= 0.3 is 5.97 Å². The minimum atomic E-state index is -3.27. The zero-order valence-electron chi connectivity index (χ0n) is 9.91. The molecule has 0 saturated heterocycles. The van der Waals surface area contributed by atoms with Gasteiger partial charge in [0.1, 0.15) is 11.6 Å². The average Bonchev–Trinajstić information content (AvgIpc) is 2.54. The summed E-state index contributed by atoms with van der Waals surface area (Å²) in [5.74, 6) is -1.24. The van der Waals surface area contributed by atoms with Crippen LogP contribution in [0.15, 0.2) is 18.3 Å². The van der Waals surface area contributed by atoms with E-state index in [4.69, 9.17) is 5.11 Å². The van der Waals surface area contributed by atoms with Crippen molar-refractivity contribution >= 4 is 21.3 Å². The minimum absolute atomic E-state index is 0.127. The second kappa shape index (κ2) is 4.09. The molecule has 6 nitrogen and oxygen atoms in total. The van der Waals surface area contributed by atoms with Gasteiger partial charge in [0, 0.05) is 12.5 Å². The third-order valence-electron chi connectivity index (χ3n) is 2.47. The van der Waals surface area contributed by atoms with Crippen molar-refractivity contribution in [1.29, 1.82) is 0 Å². The van der Waals surface area contributed by atoms with E-state index in [2.05, 4.69) is 4.98 Å². The first-order chi connectivity index (χ1) is 8.28. The van der Waals surface area contributed by atoms with E-state index in [-0.39, 0.29) is 17.3 Å². The number of hydrogen-bond acceptors (Lipinski definition) is 4. The van der Waals surface area contributed by atoms with Gasteiger partial charge in [-0.15, -0.1) is 0 Å². The first-order valence-electron chi connectivity index (χ1n) is 5.16. The predicted molar refractivity (Wildman–Crippen MR) is 65.4 cm³/mol. The van der Waals surface area contributed by atoms with E-state index in [1.807, 2.05) is 6.92 Å². The summed E-state index contributed by atoms with van der Waals surface area (Å²) in [4.78, 5) is 15.0. The van der Waals surface area contributed by atoms with E-state index in [1.54, 1.807) is 18.3 Å². The molecule has 0 atom stereocenters. The number of rotatable bonds is 3. The van der Waals surface area contributed by atoms with Crippen molar-refractivity contribution in [3.63, 3.8) is 0 Å². The summed E-state index contributed by atoms with van der Waals surface area (Å²) in [6.07, 6.45) is 2.72. The van der Waals surface area contributed by atoms with Gasteiger partial charge in [0.15, 0.2) is 15.5 Å². The van der Waals surface area contributed by atoms with Crippen molar-refractivity contribution < 1.29 is 18.3 Å². The summed E-state index contributed by atoms with van der Waals surface area (Å²) in [6, 6.07) is 3.44. The largest absolute Gasteiger partial charge is 0.476 e. The summed E-state index contributed by atoms with van der Waals surface area (Å²) in [5.41, 5.74) is 1.16. The lowest BCUT2D eigenvalue weighted by atomic mass is 10.2. The van der Waals surface area contributed by atoms with E-state index >= 15 is 0 Å². The number of aryl methyl sites for hydroxylation is 1. The van der Waals surface area contributed by atoms with Crippen molar-refractivity contribution in [1.82, 2.24) is 9.38 Å². The first kappa shape index (κ1) is 12.6. The van der Waals surface area contributed by atoms with Crippen LogP contribution < -0.4 is 0 Å². The molecule has 1 N–H and O–H groups in total. The molecule has 96 valence electrons. The number of imidazole rings is 1. The number of pyridine rings is 1. The minimum Gasteiger partial charge on any atom is -0.476 e. The lowest BCUT2D eigenvalue weighted by Gasteiger charge is -2.00. The van der Waals surface area contributed by atoms with E-state index in [0.717, 1.165) is 11.8 Å². The molecule has 0 radical (unpaired) electrons. The van der Waals surface area contributed by atoms with Crippen LogP contribution in [-0.2, 0) is 15.6 Å². The number of carboxylic acid groups (broad SMARTS) is 1. The molecule has 0 spiro atoms. The Labute approximate surface area is 104 Å². The highest BCUT2D eigenvalue weighted by atomic mass is 32.2. The standard InChI is InChI=1S/C11H12N2O4S/c1-7-3-4-13-8(5-7)10(11(14)15)12-9(13)6-18(2,16)17/h3-5H,6H2,1-2H3,(H,14,15). The monoisotopic (exact) mass is 268 g/mol. The second-order valence-corrected chi connectivity index (χ2v) is 6.35. The molecule has 18 heavy (non-hydrogen) atoms. The second-order valence-electron chi connectivity index (χ2n) is 4.21. The van der Waals surface area contributed by atoms with E-state index < -0.39 is 15.8 Å². The van der Waals surface area contributed by atoms with Gasteiger partial charge in [0.05, 0.1) is 5.52 Å². The molecule has 2 aromatic rings. The maximum absolute atomic E-state index is 11.3. The summed E-state index contributed by atoms with van der Waals surface area (Å²) in [7, 11) is -3.27. The van der Waals surface area contributed by atoms with Crippen LogP contribution in [0.25, 0.3) is 5.52 Å². The molecule has 7 heteroatoms. The quantitative estimate of drug-likeness (QED) is 0.892.